The molecule has 0 N–H and O–H groups in total. The largest absolute Gasteiger partial charge is 0.451 e. The van der Waals surface area contributed by atoms with E-state index in [1.54, 1.807) is 6.07 Å². The Balaban J connectivity index is 1.33. The Kier molecular flexibility index (Phi) is 6.00. The fraction of sp³-hybridized carbons (Fsp3) is 0.147. The minimum Gasteiger partial charge on any atom is -0.451 e. The number of amides is 2. The first kappa shape index (κ1) is 25.0. The smallest absolute Gasteiger partial charge is 0.330 e. The van der Waals surface area contributed by atoms with E-state index in [2.05, 4.69) is 0 Å². The molecule has 0 aliphatic carbocycles. The average Bonchev–Trinajstić information content (AvgIpc) is 3.49. The first-order valence-corrected chi connectivity index (χ1v) is 13.5. The van der Waals surface area contributed by atoms with Crippen molar-refractivity contribution in [2.45, 2.75) is 18.2 Å². The van der Waals surface area contributed by atoms with Crippen molar-refractivity contribution < 1.29 is 23.5 Å². The summed E-state index contributed by atoms with van der Waals surface area (Å²) in [6, 6.07) is 30.4. The number of fused-ring (bicyclic) bond motifs is 5. The summed E-state index contributed by atoms with van der Waals surface area (Å²) in [5.41, 5.74) is 3.06. The molecule has 2 saturated heterocycles. The highest BCUT2D eigenvalue weighted by Gasteiger charge is 2.65. The van der Waals surface area contributed by atoms with Gasteiger partial charge in [0.2, 0.25) is 11.8 Å². The van der Waals surface area contributed by atoms with Crippen LogP contribution in [-0.2, 0) is 19.1 Å². The highest BCUT2D eigenvalue weighted by Crippen LogP contribution is 2.50. The maximum Gasteiger partial charge on any atom is 0.330 e. The van der Waals surface area contributed by atoms with Gasteiger partial charge in [-0.2, -0.15) is 0 Å². The van der Waals surface area contributed by atoms with Crippen LogP contribution in [0.4, 0.5) is 15.8 Å². The van der Waals surface area contributed by atoms with E-state index >= 15 is 0 Å². The summed E-state index contributed by atoms with van der Waals surface area (Å²) in [5.74, 6) is -4.37. The lowest BCUT2D eigenvalue weighted by atomic mass is 9.88. The van der Waals surface area contributed by atoms with E-state index < -0.39 is 53.6 Å². The highest BCUT2D eigenvalue weighted by molar-refractivity contribution is 6.24. The summed E-state index contributed by atoms with van der Waals surface area (Å²) in [6.07, 6.45) is 3.03. The average molecular weight is 545 g/mol. The second-order valence-electron chi connectivity index (χ2n) is 10.4. The van der Waals surface area contributed by atoms with Crippen LogP contribution in [0, 0.1) is 17.7 Å². The molecule has 3 aliphatic heterocycles. The van der Waals surface area contributed by atoms with Gasteiger partial charge >= 0.3 is 5.97 Å². The molecule has 7 heteroatoms. The number of anilines is 2. The van der Waals surface area contributed by atoms with Gasteiger partial charge in [-0.15, -0.1) is 0 Å². The Bertz CT molecular complexity index is 1650. The molecule has 202 valence electrons. The van der Waals surface area contributed by atoms with E-state index in [1.807, 2.05) is 102 Å². The Labute approximate surface area is 236 Å². The predicted octanol–water partition coefficient (Wildman–Crippen LogP) is 5.55. The molecule has 0 spiro atoms. The number of ether oxygens (including phenoxy) is 1. The number of carbonyl (C=O) groups excluding carboxylic acids is 3. The van der Waals surface area contributed by atoms with Crippen LogP contribution < -0.4 is 9.80 Å². The quantitative estimate of drug-likeness (QED) is 0.244. The summed E-state index contributed by atoms with van der Waals surface area (Å²) in [6.45, 7) is 0. The minimum absolute atomic E-state index is 0.109. The van der Waals surface area contributed by atoms with Crippen molar-refractivity contribution in [1.82, 2.24) is 0 Å². The van der Waals surface area contributed by atoms with Gasteiger partial charge in [0.25, 0.3) is 0 Å². The molecular formula is C34H25FN2O4. The molecule has 4 atom stereocenters. The standard InChI is InChI=1S/C34H25FN2O4/c35-24-16-8-10-18-26(24)37-32(38)28-27-20-19-21-11-7-9-17-25(21)36(27)30(29(28)33(37)39)34(40)41-31(22-12-3-1-4-13-22)23-14-5-2-6-15-23/h1-20,27-31H/t27-,28-,29+,30+/m1/s1. The van der Waals surface area contributed by atoms with Crippen molar-refractivity contribution >= 4 is 35.2 Å². The number of benzene rings is 4. The predicted molar refractivity (Wildman–Crippen MR) is 152 cm³/mol. The number of carbonyl (C=O) groups is 3. The fourth-order valence-electron chi connectivity index (χ4n) is 6.42. The Morgan fingerprint density at radius 1 is 0.707 bits per heavy atom. The highest BCUT2D eigenvalue weighted by atomic mass is 19.1. The van der Waals surface area contributed by atoms with E-state index in [-0.39, 0.29) is 5.69 Å². The number of para-hydroxylation sites is 2. The van der Waals surface area contributed by atoms with Crippen molar-refractivity contribution in [3.8, 4) is 0 Å². The van der Waals surface area contributed by atoms with Crippen LogP contribution in [0.5, 0.6) is 0 Å². The SMILES string of the molecule is O=C(OC(c1ccccc1)c1ccccc1)[C@@H]1[C@H]2C(=O)N(c3ccccc3F)C(=O)[C@@H]2[C@H]2C=Cc3ccccc3N21. The van der Waals surface area contributed by atoms with Crippen molar-refractivity contribution in [2.24, 2.45) is 11.8 Å². The molecule has 0 bridgehead atoms. The van der Waals surface area contributed by atoms with E-state index in [1.165, 1.54) is 18.2 Å². The number of nitrogens with zero attached hydrogens (tertiary/aromatic N) is 2. The molecule has 4 aromatic carbocycles. The molecule has 0 radical (unpaired) electrons. The topological polar surface area (TPSA) is 66.9 Å². The van der Waals surface area contributed by atoms with E-state index in [0.29, 0.717) is 0 Å². The second kappa shape index (κ2) is 9.86. The van der Waals surface area contributed by atoms with Crippen LogP contribution in [0.25, 0.3) is 6.08 Å². The molecule has 0 unspecified atom stereocenters. The number of hydrogen-bond donors (Lipinski definition) is 0. The number of hydrogen-bond acceptors (Lipinski definition) is 5. The molecular weight excluding hydrogens is 519 g/mol. The zero-order valence-electron chi connectivity index (χ0n) is 21.8. The summed E-state index contributed by atoms with van der Waals surface area (Å²) < 4.78 is 21.1. The second-order valence-corrected chi connectivity index (χ2v) is 10.4. The van der Waals surface area contributed by atoms with Crippen LogP contribution in [0.2, 0.25) is 0 Å². The van der Waals surface area contributed by atoms with Crippen LogP contribution in [0.3, 0.4) is 0 Å². The molecule has 7 rings (SSSR count). The zero-order chi connectivity index (χ0) is 28.1. The third-order valence-corrected chi connectivity index (χ3v) is 8.19. The van der Waals surface area contributed by atoms with Crippen LogP contribution >= 0.6 is 0 Å². The molecule has 0 aromatic heterocycles. The van der Waals surface area contributed by atoms with Crippen LogP contribution in [0.15, 0.2) is 115 Å². The summed E-state index contributed by atoms with van der Waals surface area (Å²) in [7, 11) is 0. The van der Waals surface area contributed by atoms with Crippen molar-refractivity contribution in [3.05, 3.63) is 138 Å². The van der Waals surface area contributed by atoms with Crippen molar-refractivity contribution in [1.29, 1.82) is 0 Å². The Morgan fingerprint density at radius 3 is 1.93 bits per heavy atom. The van der Waals surface area contributed by atoms with Crippen LogP contribution in [-0.4, -0.2) is 29.9 Å². The van der Waals surface area contributed by atoms with Crippen molar-refractivity contribution in [3.63, 3.8) is 0 Å². The van der Waals surface area contributed by atoms with E-state index in [0.717, 1.165) is 27.3 Å². The molecule has 6 nitrogen and oxygen atoms in total. The van der Waals surface area contributed by atoms with Gasteiger partial charge < -0.3 is 9.64 Å². The van der Waals surface area contributed by atoms with Gasteiger partial charge in [-0.3, -0.25) is 9.59 Å². The summed E-state index contributed by atoms with van der Waals surface area (Å²) in [5, 5.41) is 0. The van der Waals surface area contributed by atoms with E-state index in [9.17, 15) is 18.8 Å². The van der Waals surface area contributed by atoms with Gasteiger partial charge in [-0.1, -0.05) is 103 Å². The number of rotatable bonds is 5. The molecule has 3 heterocycles. The maximum absolute atomic E-state index is 14.8. The number of halogens is 1. The van der Waals surface area contributed by atoms with Gasteiger partial charge in [0.05, 0.1) is 23.6 Å². The Hall–Kier alpha value is -5.04. The number of esters is 1. The lowest BCUT2D eigenvalue weighted by Crippen LogP contribution is -2.49. The summed E-state index contributed by atoms with van der Waals surface area (Å²) >= 11 is 0. The third kappa shape index (κ3) is 3.96. The van der Waals surface area contributed by atoms with E-state index in [4.69, 9.17) is 4.74 Å². The minimum atomic E-state index is -1.10. The van der Waals surface area contributed by atoms with Crippen LogP contribution in [0.1, 0.15) is 22.8 Å². The molecule has 4 aromatic rings. The Morgan fingerprint density at radius 2 is 1.27 bits per heavy atom. The molecule has 41 heavy (non-hydrogen) atoms. The van der Waals surface area contributed by atoms with Gasteiger partial charge in [0.1, 0.15) is 11.9 Å². The first-order chi connectivity index (χ1) is 20.0. The van der Waals surface area contributed by atoms with Gasteiger partial charge in [0.15, 0.2) is 6.10 Å². The lowest BCUT2D eigenvalue weighted by molar-refractivity contribution is -0.151. The fourth-order valence-corrected chi connectivity index (χ4v) is 6.42. The molecule has 3 aliphatic rings. The number of imide groups is 1. The molecule has 0 saturated carbocycles. The molecule has 2 amide bonds. The first-order valence-electron chi connectivity index (χ1n) is 13.5. The zero-order valence-corrected chi connectivity index (χ0v) is 21.8. The van der Waals surface area contributed by atoms with Gasteiger partial charge in [0, 0.05) is 5.69 Å². The third-order valence-electron chi connectivity index (χ3n) is 8.19. The lowest BCUT2D eigenvalue weighted by Gasteiger charge is -2.36. The van der Waals surface area contributed by atoms with Gasteiger partial charge in [-0.25, -0.2) is 14.1 Å². The summed E-state index contributed by atoms with van der Waals surface area (Å²) in [4.78, 5) is 45.0. The monoisotopic (exact) mass is 544 g/mol. The molecule has 2 fully saturated rings. The van der Waals surface area contributed by atoms with Gasteiger partial charge in [-0.05, 0) is 34.9 Å². The van der Waals surface area contributed by atoms with Crippen molar-refractivity contribution in [2.75, 3.05) is 9.80 Å². The maximum atomic E-state index is 14.8. The normalized spacial score (nSPS) is 22.5.